The van der Waals surface area contributed by atoms with Crippen molar-refractivity contribution in [3.63, 3.8) is 0 Å². The van der Waals surface area contributed by atoms with Gasteiger partial charge in [0.1, 0.15) is 0 Å². The first-order valence-corrected chi connectivity index (χ1v) is 8.72. The lowest BCUT2D eigenvalue weighted by atomic mass is 10.2. The normalized spacial score (nSPS) is 26.2. The van der Waals surface area contributed by atoms with Crippen molar-refractivity contribution in [1.29, 1.82) is 0 Å². The fourth-order valence-corrected chi connectivity index (χ4v) is 4.50. The zero-order valence-corrected chi connectivity index (χ0v) is 12.5. The molecule has 2 heterocycles. The second-order valence-corrected chi connectivity index (χ2v) is 7.53. The van der Waals surface area contributed by atoms with Crippen LogP contribution in [0, 0.1) is 0 Å². The Morgan fingerprint density at radius 2 is 2.25 bits per heavy atom. The Hall–Kier alpha value is -1.15. The summed E-state index contributed by atoms with van der Waals surface area (Å²) >= 11 is 0. The molecule has 2 amide bonds. The lowest BCUT2D eigenvalue weighted by Gasteiger charge is -2.31. The molecular formula is C12H21N3O4S. The van der Waals surface area contributed by atoms with Crippen molar-refractivity contribution < 1.29 is 18.0 Å². The fourth-order valence-electron chi connectivity index (χ4n) is 2.77. The van der Waals surface area contributed by atoms with Gasteiger partial charge in [0, 0.05) is 25.7 Å². The molecule has 0 saturated carbocycles. The summed E-state index contributed by atoms with van der Waals surface area (Å²) in [5.74, 6) is 0.0560. The maximum absolute atomic E-state index is 12.3. The zero-order valence-electron chi connectivity index (χ0n) is 11.7. The van der Waals surface area contributed by atoms with Gasteiger partial charge in [-0.05, 0) is 13.3 Å². The van der Waals surface area contributed by atoms with Crippen LogP contribution in [0.2, 0.25) is 0 Å². The van der Waals surface area contributed by atoms with Gasteiger partial charge in [-0.3, -0.25) is 14.5 Å². The third-order valence-electron chi connectivity index (χ3n) is 3.79. The van der Waals surface area contributed by atoms with Crippen LogP contribution < -0.4 is 5.32 Å². The minimum atomic E-state index is -3.00. The van der Waals surface area contributed by atoms with E-state index in [-0.39, 0.29) is 42.5 Å². The Labute approximate surface area is 119 Å². The first-order chi connectivity index (χ1) is 9.41. The molecule has 2 saturated heterocycles. The predicted molar refractivity (Wildman–Crippen MR) is 73.9 cm³/mol. The standard InChI is InChI=1S/C12H21N3O4S/c1-2-15(10-3-6-20(18,19)9-10)12(17)8-14-5-4-13-11(16)7-14/h10H,2-9H2,1H3,(H,13,16). The summed E-state index contributed by atoms with van der Waals surface area (Å²) in [6.45, 7) is 3.96. The highest BCUT2D eigenvalue weighted by Gasteiger charge is 2.34. The Kier molecular flexibility index (Phi) is 4.64. The molecule has 0 bridgehead atoms. The summed E-state index contributed by atoms with van der Waals surface area (Å²) < 4.78 is 23.0. The molecule has 0 aromatic carbocycles. The van der Waals surface area contributed by atoms with Gasteiger partial charge >= 0.3 is 0 Å². The van der Waals surface area contributed by atoms with Crippen molar-refractivity contribution in [2.75, 3.05) is 44.2 Å². The maximum atomic E-state index is 12.3. The Balaban J connectivity index is 1.94. The summed E-state index contributed by atoms with van der Waals surface area (Å²) in [5, 5.41) is 2.71. The van der Waals surface area contributed by atoms with Gasteiger partial charge in [0.25, 0.3) is 0 Å². The van der Waals surface area contributed by atoms with Crippen molar-refractivity contribution in [2.45, 2.75) is 19.4 Å². The molecule has 2 fully saturated rings. The maximum Gasteiger partial charge on any atom is 0.237 e. The van der Waals surface area contributed by atoms with Crippen molar-refractivity contribution in [1.82, 2.24) is 15.1 Å². The lowest BCUT2D eigenvalue weighted by Crippen LogP contribution is -2.52. The number of carbonyl (C=O) groups excluding carboxylic acids is 2. The van der Waals surface area contributed by atoms with Gasteiger partial charge in [0.2, 0.25) is 11.8 Å². The molecule has 114 valence electrons. The van der Waals surface area contributed by atoms with Gasteiger partial charge < -0.3 is 10.2 Å². The molecule has 1 N–H and O–H groups in total. The van der Waals surface area contributed by atoms with Crippen LogP contribution >= 0.6 is 0 Å². The van der Waals surface area contributed by atoms with E-state index < -0.39 is 9.84 Å². The minimum Gasteiger partial charge on any atom is -0.354 e. The van der Waals surface area contributed by atoms with E-state index in [2.05, 4.69) is 5.32 Å². The average molecular weight is 303 g/mol. The minimum absolute atomic E-state index is 0.0626. The van der Waals surface area contributed by atoms with Crippen molar-refractivity contribution >= 4 is 21.7 Å². The summed E-state index contributed by atoms with van der Waals surface area (Å²) in [5.41, 5.74) is 0. The quantitative estimate of drug-likeness (QED) is 0.680. The monoisotopic (exact) mass is 303 g/mol. The molecule has 0 aromatic heterocycles. The van der Waals surface area contributed by atoms with E-state index in [1.165, 1.54) is 0 Å². The zero-order chi connectivity index (χ0) is 14.8. The highest BCUT2D eigenvalue weighted by Crippen LogP contribution is 2.18. The molecule has 0 spiro atoms. The van der Waals surface area contributed by atoms with Gasteiger partial charge in [-0.25, -0.2) is 8.42 Å². The van der Waals surface area contributed by atoms with Crippen LogP contribution in [-0.2, 0) is 19.4 Å². The summed E-state index contributed by atoms with van der Waals surface area (Å²) in [7, 11) is -3.00. The van der Waals surface area contributed by atoms with Crippen LogP contribution in [0.25, 0.3) is 0 Å². The molecule has 1 unspecified atom stereocenters. The third kappa shape index (κ3) is 3.69. The number of rotatable bonds is 4. The first kappa shape index (κ1) is 15.2. The van der Waals surface area contributed by atoms with E-state index in [1.54, 1.807) is 9.80 Å². The van der Waals surface area contributed by atoms with Crippen LogP contribution in [0.5, 0.6) is 0 Å². The number of likely N-dealkylation sites (N-methyl/N-ethyl adjacent to an activating group) is 1. The van der Waals surface area contributed by atoms with Crippen LogP contribution in [0.3, 0.4) is 0 Å². The van der Waals surface area contributed by atoms with Gasteiger partial charge in [-0.15, -0.1) is 0 Å². The van der Waals surface area contributed by atoms with E-state index >= 15 is 0 Å². The summed E-state index contributed by atoms with van der Waals surface area (Å²) in [6.07, 6.45) is 0.516. The summed E-state index contributed by atoms with van der Waals surface area (Å²) in [4.78, 5) is 27.0. The molecule has 8 heteroatoms. The Bertz CT molecular complexity index is 491. The van der Waals surface area contributed by atoms with Crippen LogP contribution in [0.1, 0.15) is 13.3 Å². The second-order valence-electron chi connectivity index (χ2n) is 5.30. The highest BCUT2D eigenvalue weighted by atomic mass is 32.2. The van der Waals surface area contributed by atoms with Gasteiger partial charge in [0.15, 0.2) is 9.84 Å². The number of hydrogen-bond acceptors (Lipinski definition) is 5. The molecule has 7 nitrogen and oxygen atoms in total. The van der Waals surface area contributed by atoms with Crippen LogP contribution in [-0.4, -0.2) is 80.3 Å². The molecule has 1 atom stereocenters. The lowest BCUT2D eigenvalue weighted by molar-refractivity contribution is -0.135. The summed E-state index contributed by atoms with van der Waals surface area (Å²) in [6, 6.07) is -0.212. The second kappa shape index (κ2) is 6.09. The molecule has 2 rings (SSSR count). The van der Waals surface area contributed by atoms with Crippen molar-refractivity contribution in [3.05, 3.63) is 0 Å². The molecule has 2 aliphatic rings. The number of piperazine rings is 1. The van der Waals surface area contributed by atoms with E-state index in [0.717, 1.165) is 0 Å². The van der Waals surface area contributed by atoms with Crippen molar-refractivity contribution in [3.8, 4) is 0 Å². The largest absolute Gasteiger partial charge is 0.354 e. The highest BCUT2D eigenvalue weighted by molar-refractivity contribution is 7.91. The smallest absolute Gasteiger partial charge is 0.237 e. The predicted octanol–water partition coefficient (Wildman–Crippen LogP) is -1.55. The molecule has 2 aliphatic heterocycles. The number of amides is 2. The number of nitrogens with zero attached hydrogens (tertiary/aromatic N) is 2. The van der Waals surface area contributed by atoms with E-state index in [0.29, 0.717) is 26.1 Å². The third-order valence-corrected chi connectivity index (χ3v) is 5.54. The number of nitrogens with one attached hydrogen (secondary N) is 1. The van der Waals surface area contributed by atoms with Crippen LogP contribution in [0.15, 0.2) is 0 Å². The number of sulfone groups is 1. The molecule has 20 heavy (non-hydrogen) atoms. The SMILES string of the molecule is CCN(C(=O)CN1CCNC(=O)C1)C1CCS(=O)(=O)C1. The molecule has 0 radical (unpaired) electrons. The van der Waals surface area contributed by atoms with Gasteiger partial charge in [0.05, 0.1) is 24.6 Å². The average Bonchev–Trinajstić information content (AvgIpc) is 2.70. The van der Waals surface area contributed by atoms with E-state index in [1.807, 2.05) is 6.92 Å². The van der Waals surface area contributed by atoms with Crippen molar-refractivity contribution in [2.24, 2.45) is 0 Å². The first-order valence-electron chi connectivity index (χ1n) is 6.90. The Morgan fingerprint density at radius 1 is 1.50 bits per heavy atom. The van der Waals surface area contributed by atoms with E-state index in [4.69, 9.17) is 0 Å². The topological polar surface area (TPSA) is 86.8 Å². The fraction of sp³-hybridized carbons (Fsp3) is 0.833. The molecule has 0 aliphatic carbocycles. The van der Waals surface area contributed by atoms with E-state index in [9.17, 15) is 18.0 Å². The van der Waals surface area contributed by atoms with Crippen LogP contribution in [0.4, 0.5) is 0 Å². The molecule has 0 aromatic rings. The van der Waals surface area contributed by atoms with Gasteiger partial charge in [-0.2, -0.15) is 0 Å². The Morgan fingerprint density at radius 3 is 2.80 bits per heavy atom. The number of carbonyl (C=O) groups is 2. The number of hydrogen-bond donors (Lipinski definition) is 1. The van der Waals surface area contributed by atoms with Gasteiger partial charge in [-0.1, -0.05) is 0 Å². The molecular weight excluding hydrogens is 282 g/mol.